The molecule has 3 aromatic rings. The van der Waals surface area contributed by atoms with Gasteiger partial charge in [-0.2, -0.15) is 5.10 Å². The van der Waals surface area contributed by atoms with Crippen LogP contribution in [-0.4, -0.2) is 14.8 Å². The molecule has 2 heterocycles. The Balaban J connectivity index is 1.71. The number of pyridine rings is 1. The van der Waals surface area contributed by atoms with Gasteiger partial charge in [0.05, 0.1) is 11.2 Å². The molecule has 1 aromatic carbocycles. The van der Waals surface area contributed by atoms with Crippen molar-refractivity contribution in [2.45, 2.75) is 26.6 Å². The highest BCUT2D eigenvalue weighted by Crippen LogP contribution is 2.15. The molecule has 20 heavy (non-hydrogen) atoms. The number of benzene rings is 1. The number of hydrogen-bond acceptors (Lipinski definition) is 3. The quantitative estimate of drug-likeness (QED) is 0.772. The van der Waals surface area contributed by atoms with E-state index in [1.54, 1.807) is 0 Å². The van der Waals surface area contributed by atoms with Crippen molar-refractivity contribution in [2.75, 3.05) is 0 Å². The summed E-state index contributed by atoms with van der Waals surface area (Å²) in [4.78, 5) is 4.47. The van der Waals surface area contributed by atoms with Gasteiger partial charge in [0.2, 0.25) is 0 Å². The Bertz CT molecular complexity index is 697. The van der Waals surface area contributed by atoms with E-state index in [0.29, 0.717) is 0 Å². The van der Waals surface area contributed by atoms with Gasteiger partial charge < -0.3 is 5.32 Å². The lowest BCUT2D eigenvalue weighted by Gasteiger charge is -2.08. The summed E-state index contributed by atoms with van der Waals surface area (Å²) in [6, 6.07) is 12.4. The number of para-hydroxylation sites is 1. The van der Waals surface area contributed by atoms with E-state index in [4.69, 9.17) is 0 Å². The third kappa shape index (κ3) is 2.56. The van der Waals surface area contributed by atoms with E-state index < -0.39 is 0 Å². The van der Waals surface area contributed by atoms with Crippen molar-refractivity contribution in [3.63, 3.8) is 0 Å². The highest BCUT2D eigenvalue weighted by molar-refractivity contribution is 5.81. The normalized spacial score (nSPS) is 11.1. The summed E-state index contributed by atoms with van der Waals surface area (Å²) in [5.74, 6) is 0. The maximum absolute atomic E-state index is 4.47. The van der Waals surface area contributed by atoms with Gasteiger partial charge in [-0.1, -0.05) is 24.3 Å². The number of nitrogens with zero attached hydrogens (tertiary/aromatic N) is 3. The van der Waals surface area contributed by atoms with Crippen LogP contribution in [-0.2, 0) is 19.6 Å². The molecule has 0 saturated heterocycles. The topological polar surface area (TPSA) is 42.7 Å². The molecule has 0 aliphatic rings. The van der Waals surface area contributed by atoms with E-state index in [9.17, 15) is 0 Å². The minimum Gasteiger partial charge on any atom is -0.307 e. The molecular formula is C16H18N4. The fourth-order valence-corrected chi connectivity index (χ4v) is 2.43. The highest BCUT2D eigenvalue weighted by Gasteiger charge is 2.03. The highest BCUT2D eigenvalue weighted by atomic mass is 15.3. The van der Waals surface area contributed by atoms with E-state index >= 15 is 0 Å². The molecule has 102 valence electrons. The molecule has 1 N–H and O–H groups in total. The van der Waals surface area contributed by atoms with Gasteiger partial charge in [-0.15, -0.1) is 0 Å². The Hall–Kier alpha value is -2.20. The fraction of sp³-hybridized carbons (Fsp3) is 0.250. The average molecular weight is 266 g/mol. The Kier molecular flexibility index (Phi) is 3.74. The summed E-state index contributed by atoms with van der Waals surface area (Å²) >= 11 is 0. The molecule has 4 nitrogen and oxygen atoms in total. The number of hydrogen-bond donors (Lipinski definition) is 1. The third-order valence-corrected chi connectivity index (χ3v) is 3.44. The van der Waals surface area contributed by atoms with E-state index in [1.165, 1.54) is 16.6 Å². The Labute approximate surface area is 118 Å². The first-order valence-corrected chi connectivity index (χ1v) is 6.92. The maximum Gasteiger partial charge on any atom is 0.0746 e. The van der Waals surface area contributed by atoms with E-state index in [1.807, 2.05) is 23.1 Å². The molecule has 4 heteroatoms. The lowest BCUT2D eigenvalue weighted by molar-refractivity contribution is 0.582. The minimum atomic E-state index is 0.809. The molecule has 0 bridgehead atoms. The zero-order valence-electron chi connectivity index (χ0n) is 11.6. The van der Waals surface area contributed by atoms with Gasteiger partial charge in [-0.25, -0.2) is 0 Å². The first-order chi connectivity index (χ1) is 9.88. The van der Waals surface area contributed by atoms with Crippen molar-refractivity contribution < 1.29 is 0 Å². The van der Waals surface area contributed by atoms with Gasteiger partial charge in [0.25, 0.3) is 0 Å². The second kappa shape index (κ2) is 5.84. The standard InChI is InChI=1S/C16H18N4/c1-2-20-15(8-10-19-20)12-17-11-14-6-3-5-13-7-4-9-18-16(13)14/h3-10,17H,2,11-12H2,1H3. The number of fused-ring (bicyclic) bond motifs is 1. The molecule has 0 radical (unpaired) electrons. The van der Waals surface area contributed by atoms with Gasteiger partial charge >= 0.3 is 0 Å². The van der Waals surface area contributed by atoms with Crippen molar-refractivity contribution in [1.82, 2.24) is 20.1 Å². The zero-order chi connectivity index (χ0) is 13.8. The van der Waals surface area contributed by atoms with Crippen LogP contribution >= 0.6 is 0 Å². The third-order valence-electron chi connectivity index (χ3n) is 3.44. The van der Waals surface area contributed by atoms with E-state index in [0.717, 1.165) is 25.2 Å². The van der Waals surface area contributed by atoms with Crippen molar-refractivity contribution in [3.8, 4) is 0 Å². The Morgan fingerprint density at radius 1 is 1.05 bits per heavy atom. The number of aryl methyl sites for hydroxylation is 1. The van der Waals surface area contributed by atoms with Crippen molar-refractivity contribution >= 4 is 10.9 Å². The summed E-state index contributed by atoms with van der Waals surface area (Å²) in [5, 5.41) is 8.93. The average Bonchev–Trinajstić information content (AvgIpc) is 2.95. The molecule has 0 aliphatic heterocycles. The number of rotatable bonds is 5. The summed E-state index contributed by atoms with van der Waals surface area (Å²) in [6.07, 6.45) is 3.69. The van der Waals surface area contributed by atoms with Gasteiger partial charge in [0.15, 0.2) is 0 Å². The molecule has 0 saturated carbocycles. The van der Waals surface area contributed by atoms with Crippen molar-refractivity contribution in [2.24, 2.45) is 0 Å². The van der Waals surface area contributed by atoms with Crippen LogP contribution in [0.2, 0.25) is 0 Å². The molecule has 0 aliphatic carbocycles. The van der Waals surface area contributed by atoms with Gasteiger partial charge in [-0.3, -0.25) is 9.67 Å². The van der Waals surface area contributed by atoms with Crippen LogP contribution in [0.4, 0.5) is 0 Å². The van der Waals surface area contributed by atoms with Crippen LogP contribution in [0.25, 0.3) is 10.9 Å². The summed E-state index contributed by atoms with van der Waals surface area (Å²) in [7, 11) is 0. The van der Waals surface area contributed by atoms with Crippen LogP contribution < -0.4 is 5.32 Å². The molecular weight excluding hydrogens is 248 g/mol. The fourth-order valence-electron chi connectivity index (χ4n) is 2.43. The second-order valence-electron chi connectivity index (χ2n) is 4.73. The largest absolute Gasteiger partial charge is 0.307 e. The molecule has 3 rings (SSSR count). The first-order valence-electron chi connectivity index (χ1n) is 6.92. The lowest BCUT2D eigenvalue weighted by atomic mass is 10.1. The number of aromatic nitrogens is 3. The van der Waals surface area contributed by atoms with Crippen LogP contribution in [0.15, 0.2) is 48.8 Å². The summed E-state index contributed by atoms with van der Waals surface area (Å²) < 4.78 is 2.01. The zero-order valence-corrected chi connectivity index (χ0v) is 11.6. The van der Waals surface area contributed by atoms with Crippen molar-refractivity contribution in [3.05, 3.63) is 60.0 Å². The second-order valence-corrected chi connectivity index (χ2v) is 4.73. The van der Waals surface area contributed by atoms with Gasteiger partial charge in [0.1, 0.15) is 0 Å². The predicted octanol–water partition coefficient (Wildman–Crippen LogP) is 2.74. The van der Waals surface area contributed by atoms with Crippen LogP contribution in [0, 0.1) is 0 Å². The monoisotopic (exact) mass is 266 g/mol. The Morgan fingerprint density at radius 3 is 2.85 bits per heavy atom. The molecule has 2 aromatic heterocycles. The lowest BCUT2D eigenvalue weighted by Crippen LogP contribution is -2.16. The maximum atomic E-state index is 4.47. The smallest absolute Gasteiger partial charge is 0.0746 e. The Morgan fingerprint density at radius 2 is 1.95 bits per heavy atom. The molecule has 0 atom stereocenters. The molecule has 0 fully saturated rings. The van der Waals surface area contributed by atoms with Crippen LogP contribution in [0.1, 0.15) is 18.2 Å². The number of nitrogens with one attached hydrogen (secondary N) is 1. The van der Waals surface area contributed by atoms with E-state index in [2.05, 4.69) is 52.7 Å². The molecule has 0 spiro atoms. The van der Waals surface area contributed by atoms with Crippen LogP contribution in [0.5, 0.6) is 0 Å². The van der Waals surface area contributed by atoms with Crippen molar-refractivity contribution in [1.29, 1.82) is 0 Å². The first kappa shape index (κ1) is 12.8. The van der Waals surface area contributed by atoms with E-state index in [-0.39, 0.29) is 0 Å². The summed E-state index contributed by atoms with van der Waals surface area (Å²) in [5.41, 5.74) is 3.51. The van der Waals surface area contributed by atoms with Gasteiger partial charge in [-0.05, 0) is 24.6 Å². The van der Waals surface area contributed by atoms with Crippen LogP contribution in [0.3, 0.4) is 0 Å². The predicted molar refractivity (Wildman–Crippen MR) is 80.2 cm³/mol. The molecule has 0 amide bonds. The van der Waals surface area contributed by atoms with Gasteiger partial charge in [0, 0.05) is 37.4 Å². The minimum absolute atomic E-state index is 0.809. The SMILES string of the molecule is CCn1nccc1CNCc1cccc2cccnc12. The summed E-state index contributed by atoms with van der Waals surface area (Å²) in [6.45, 7) is 4.63. The molecule has 0 unspecified atom stereocenters.